The second-order valence-electron chi connectivity index (χ2n) is 8.02. The highest BCUT2D eigenvalue weighted by Crippen LogP contribution is 2.30. The summed E-state index contributed by atoms with van der Waals surface area (Å²) >= 11 is 0. The Bertz CT molecular complexity index is 605. The number of nitrogens with zero attached hydrogens (tertiary/aromatic N) is 2. The van der Waals surface area contributed by atoms with Crippen LogP contribution in [0.4, 0.5) is 0 Å². The molecule has 0 radical (unpaired) electrons. The van der Waals surface area contributed by atoms with Crippen LogP contribution in [0.2, 0.25) is 0 Å². The van der Waals surface area contributed by atoms with Crippen molar-refractivity contribution in [3.63, 3.8) is 0 Å². The van der Waals surface area contributed by atoms with Gasteiger partial charge in [-0.05, 0) is 39.5 Å². The van der Waals surface area contributed by atoms with Gasteiger partial charge in [0.25, 0.3) is 5.91 Å². The molecule has 0 saturated heterocycles. The van der Waals surface area contributed by atoms with Gasteiger partial charge in [-0.15, -0.1) is 0 Å². The quantitative estimate of drug-likeness (QED) is 0.705. The van der Waals surface area contributed by atoms with Gasteiger partial charge in [-0.25, -0.2) is 0 Å². The second-order valence-corrected chi connectivity index (χ2v) is 8.02. The SMILES string of the molecule is Cc1noc(C)c1CC(=O)OCC(=O)N(C1CCCCC1)C1CCCCC1. The lowest BCUT2D eigenvalue weighted by atomic mass is 9.88. The molecule has 6 nitrogen and oxygen atoms in total. The first-order chi connectivity index (χ1) is 13.1. The Morgan fingerprint density at radius 3 is 2.04 bits per heavy atom. The Morgan fingerprint density at radius 1 is 1.00 bits per heavy atom. The van der Waals surface area contributed by atoms with Gasteiger partial charge < -0.3 is 14.2 Å². The van der Waals surface area contributed by atoms with Crippen molar-refractivity contribution < 1.29 is 18.8 Å². The maximum absolute atomic E-state index is 13.0. The molecule has 0 N–H and O–H groups in total. The molecule has 1 aromatic heterocycles. The van der Waals surface area contributed by atoms with Crippen LogP contribution in [0, 0.1) is 13.8 Å². The van der Waals surface area contributed by atoms with Crippen molar-refractivity contribution in [1.82, 2.24) is 10.1 Å². The number of esters is 1. The predicted molar refractivity (Wildman–Crippen MR) is 101 cm³/mol. The number of carbonyl (C=O) groups excluding carboxylic acids is 2. The molecule has 1 aromatic rings. The predicted octanol–water partition coefficient (Wildman–Crippen LogP) is 3.87. The van der Waals surface area contributed by atoms with Crippen LogP contribution < -0.4 is 0 Å². The van der Waals surface area contributed by atoms with E-state index in [0.717, 1.165) is 31.2 Å². The summed E-state index contributed by atoms with van der Waals surface area (Å²) in [4.78, 5) is 27.3. The maximum Gasteiger partial charge on any atom is 0.310 e. The van der Waals surface area contributed by atoms with Gasteiger partial charge in [0.1, 0.15) is 5.76 Å². The number of hydrogen-bond acceptors (Lipinski definition) is 5. The Labute approximate surface area is 161 Å². The van der Waals surface area contributed by atoms with Crippen molar-refractivity contribution in [2.24, 2.45) is 0 Å². The minimum Gasteiger partial charge on any atom is -0.455 e. The van der Waals surface area contributed by atoms with Crippen LogP contribution in [0.3, 0.4) is 0 Å². The molecule has 2 fully saturated rings. The molecule has 0 aliphatic heterocycles. The summed E-state index contributed by atoms with van der Waals surface area (Å²) in [5.41, 5.74) is 1.45. The zero-order chi connectivity index (χ0) is 19.2. The Balaban J connectivity index is 1.58. The lowest BCUT2D eigenvalue weighted by Gasteiger charge is -2.41. The molecule has 6 heteroatoms. The fourth-order valence-corrected chi connectivity index (χ4v) is 4.59. The van der Waals surface area contributed by atoms with E-state index >= 15 is 0 Å². The van der Waals surface area contributed by atoms with Crippen LogP contribution in [-0.4, -0.2) is 40.6 Å². The monoisotopic (exact) mass is 376 g/mol. The normalized spacial score (nSPS) is 19.0. The maximum atomic E-state index is 13.0. The van der Waals surface area contributed by atoms with Crippen molar-refractivity contribution in [2.45, 2.75) is 96.6 Å². The molecule has 0 bridgehead atoms. The smallest absolute Gasteiger partial charge is 0.310 e. The summed E-state index contributed by atoms with van der Waals surface area (Å²) in [6.45, 7) is 3.43. The molecule has 3 rings (SSSR count). The van der Waals surface area contributed by atoms with Crippen molar-refractivity contribution in [3.8, 4) is 0 Å². The summed E-state index contributed by atoms with van der Waals surface area (Å²) < 4.78 is 10.4. The van der Waals surface area contributed by atoms with E-state index in [-0.39, 0.29) is 18.9 Å². The van der Waals surface area contributed by atoms with Crippen molar-refractivity contribution in [3.05, 3.63) is 17.0 Å². The minimum atomic E-state index is -0.398. The van der Waals surface area contributed by atoms with E-state index in [1.165, 1.54) is 38.5 Å². The largest absolute Gasteiger partial charge is 0.455 e. The lowest BCUT2D eigenvalue weighted by Crippen LogP contribution is -2.50. The highest BCUT2D eigenvalue weighted by atomic mass is 16.5. The van der Waals surface area contributed by atoms with E-state index in [1.54, 1.807) is 13.8 Å². The van der Waals surface area contributed by atoms with Crippen LogP contribution in [0.25, 0.3) is 0 Å². The fourth-order valence-electron chi connectivity index (χ4n) is 4.59. The van der Waals surface area contributed by atoms with Crippen molar-refractivity contribution in [2.75, 3.05) is 6.61 Å². The van der Waals surface area contributed by atoms with Gasteiger partial charge in [0.2, 0.25) is 0 Å². The van der Waals surface area contributed by atoms with Crippen LogP contribution >= 0.6 is 0 Å². The van der Waals surface area contributed by atoms with Crippen LogP contribution in [0.15, 0.2) is 4.52 Å². The molecule has 2 aliphatic carbocycles. The molecular weight excluding hydrogens is 344 g/mol. The molecule has 0 aromatic carbocycles. The van der Waals surface area contributed by atoms with Crippen LogP contribution in [0.5, 0.6) is 0 Å². The summed E-state index contributed by atoms with van der Waals surface area (Å²) in [6, 6.07) is 0.631. The van der Waals surface area contributed by atoms with Crippen LogP contribution in [0.1, 0.15) is 81.2 Å². The van der Waals surface area contributed by atoms with Gasteiger partial charge in [0.05, 0.1) is 12.1 Å². The summed E-state index contributed by atoms with van der Waals surface area (Å²) in [5, 5.41) is 3.86. The average Bonchev–Trinajstić information content (AvgIpc) is 3.00. The van der Waals surface area contributed by atoms with Crippen molar-refractivity contribution >= 4 is 11.9 Å². The number of rotatable bonds is 6. The summed E-state index contributed by atoms with van der Waals surface area (Å²) in [7, 11) is 0. The van der Waals surface area contributed by atoms with E-state index < -0.39 is 5.97 Å². The molecule has 0 spiro atoms. The fraction of sp³-hybridized carbons (Fsp3) is 0.762. The third kappa shape index (κ3) is 5.11. The third-order valence-corrected chi connectivity index (χ3v) is 6.08. The third-order valence-electron chi connectivity index (χ3n) is 6.08. The van der Waals surface area contributed by atoms with Crippen molar-refractivity contribution in [1.29, 1.82) is 0 Å². The molecule has 27 heavy (non-hydrogen) atoms. The Kier molecular flexibility index (Phi) is 6.91. The van der Waals surface area contributed by atoms with E-state index in [9.17, 15) is 9.59 Å². The Morgan fingerprint density at radius 2 is 1.56 bits per heavy atom. The van der Waals surface area contributed by atoms with Gasteiger partial charge in [-0.3, -0.25) is 9.59 Å². The number of ether oxygens (including phenoxy) is 1. The summed E-state index contributed by atoms with van der Waals surface area (Å²) in [5.74, 6) is 0.202. The number of carbonyl (C=O) groups is 2. The number of amides is 1. The first kappa shape index (κ1) is 19.9. The van der Waals surface area contributed by atoms with E-state index in [2.05, 4.69) is 10.1 Å². The number of hydrogen-bond donors (Lipinski definition) is 0. The van der Waals surface area contributed by atoms with Gasteiger partial charge >= 0.3 is 5.97 Å². The molecule has 2 saturated carbocycles. The first-order valence-electron chi connectivity index (χ1n) is 10.4. The van der Waals surface area contributed by atoms with E-state index in [1.807, 2.05) is 0 Å². The minimum absolute atomic E-state index is 0.0269. The number of aromatic nitrogens is 1. The molecule has 1 heterocycles. The molecule has 1 amide bonds. The first-order valence-corrected chi connectivity index (χ1v) is 10.4. The molecule has 2 aliphatic rings. The Hall–Kier alpha value is -1.85. The second kappa shape index (κ2) is 9.38. The topological polar surface area (TPSA) is 72.6 Å². The zero-order valence-electron chi connectivity index (χ0n) is 16.7. The lowest BCUT2D eigenvalue weighted by molar-refractivity contribution is -0.154. The summed E-state index contributed by atoms with van der Waals surface area (Å²) in [6.07, 6.45) is 11.7. The van der Waals surface area contributed by atoms with Gasteiger partial charge in [0.15, 0.2) is 6.61 Å². The highest BCUT2D eigenvalue weighted by Gasteiger charge is 2.32. The number of aryl methyl sites for hydroxylation is 2. The standard InChI is InChI=1S/C21H32N2O4/c1-15-19(16(2)27-22-15)13-21(25)26-14-20(24)23(17-9-5-3-6-10-17)18-11-7-4-8-12-18/h17-18H,3-14H2,1-2H3. The average molecular weight is 376 g/mol. The van der Waals surface area contributed by atoms with Gasteiger partial charge in [0, 0.05) is 17.6 Å². The van der Waals surface area contributed by atoms with Crippen LogP contribution in [-0.2, 0) is 20.7 Å². The van der Waals surface area contributed by atoms with E-state index in [4.69, 9.17) is 9.26 Å². The van der Waals surface area contributed by atoms with Gasteiger partial charge in [-0.2, -0.15) is 0 Å². The van der Waals surface area contributed by atoms with Gasteiger partial charge in [-0.1, -0.05) is 43.7 Å². The molecule has 0 atom stereocenters. The molecule has 0 unspecified atom stereocenters. The zero-order valence-corrected chi connectivity index (χ0v) is 16.7. The van der Waals surface area contributed by atoms with E-state index in [0.29, 0.717) is 23.5 Å². The molecular formula is C21H32N2O4. The highest BCUT2D eigenvalue weighted by molar-refractivity contribution is 5.82. The molecule has 150 valence electrons.